The molecule has 0 aromatic carbocycles. The predicted octanol–water partition coefficient (Wildman–Crippen LogP) is 1.30. The zero-order chi connectivity index (χ0) is 7.98. The molecular weight excluding hydrogens is 128 g/mol. The van der Waals surface area contributed by atoms with Crippen molar-refractivity contribution in [2.75, 3.05) is 20.6 Å². The van der Waals surface area contributed by atoms with Gasteiger partial charge in [0.2, 0.25) is 0 Å². The Hall–Kier alpha value is -0.730. The van der Waals surface area contributed by atoms with Crippen LogP contribution in [0.1, 0.15) is 21.2 Å². The fourth-order valence-corrected chi connectivity index (χ4v) is 0.530. The van der Waals surface area contributed by atoms with Gasteiger partial charge >= 0.3 is 6.03 Å². The lowest BCUT2D eigenvalue weighted by Gasteiger charge is -2.10. The lowest BCUT2D eigenvalue weighted by atomic mass is 10.3. The maximum Gasteiger partial charge on any atom is 0.316 e. The zero-order valence-electron chi connectivity index (χ0n) is 6.98. The molecule has 0 bridgehead atoms. The van der Waals surface area contributed by atoms with E-state index in [0.29, 0.717) is 0 Å². The van der Waals surface area contributed by atoms with Crippen molar-refractivity contribution in [2.24, 2.45) is 0 Å². The normalized spacial score (nSPS) is 9.10. The summed E-state index contributed by atoms with van der Waals surface area (Å²) in [5.41, 5.74) is 0. The van der Waals surface area contributed by atoms with E-state index < -0.39 is 0 Å². The van der Waals surface area contributed by atoms with Gasteiger partial charge in [0, 0.05) is 22.1 Å². The molecular formula is C7H18N2O. The lowest BCUT2D eigenvalue weighted by molar-refractivity contribution is 0.217. The summed E-state index contributed by atoms with van der Waals surface area (Å²) in [4.78, 5) is 12.4. The summed E-state index contributed by atoms with van der Waals surface area (Å²) in [6.45, 7) is 2.88. The number of urea groups is 1. The van der Waals surface area contributed by atoms with Gasteiger partial charge in [-0.2, -0.15) is 0 Å². The van der Waals surface area contributed by atoms with Gasteiger partial charge in [0.1, 0.15) is 0 Å². The van der Waals surface area contributed by atoms with Crippen LogP contribution in [0.15, 0.2) is 0 Å². The molecule has 0 spiro atoms. The molecule has 0 aromatic heterocycles. The van der Waals surface area contributed by atoms with Gasteiger partial charge in [-0.15, -0.1) is 0 Å². The molecule has 0 aliphatic carbocycles. The van der Waals surface area contributed by atoms with Crippen molar-refractivity contribution in [3.8, 4) is 0 Å². The number of nitrogens with one attached hydrogen (secondary N) is 1. The van der Waals surface area contributed by atoms with E-state index in [2.05, 4.69) is 12.2 Å². The maximum absolute atomic E-state index is 10.8. The van der Waals surface area contributed by atoms with Gasteiger partial charge in [-0.25, -0.2) is 4.79 Å². The third kappa shape index (κ3) is 4.18. The number of carbonyl (C=O) groups excluding carboxylic acids is 1. The number of amides is 2. The van der Waals surface area contributed by atoms with E-state index in [1.165, 1.54) is 4.90 Å². The average Bonchev–Trinajstić information content (AvgIpc) is 1.88. The summed E-state index contributed by atoms with van der Waals surface area (Å²) in [7, 11) is 3.47. The Morgan fingerprint density at radius 3 is 2.60 bits per heavy atom. The molecule has 62 valence electrons. The first-order valence-electron chi connectivity index (χ1n) is 3.63. The molecule has 0 rings (SSSR count). The Morgan fingerprint density at radius 2 is 2.20 bits per heavy atom. The van der Waals surface area contributed by atoms with Crippen molar-refractivity contribution in [1.82, 2.24) is 10.2 Å². The van der Waals surface area contributed by atoms with E-state index in [0.717, 1.165) is 19.4 Å². The molecule has 0 saturated carbocycles. The van der Waals surface area contributed by atoms with Crippen LogP contribution in [-0.4, -0.2) is 31.6 Å². The molecule has 2 amide bonds. The van der Waals surface area contributed by atoms with Crippen molar-refractivity contribution in [1.29, 1.82) is 0 Å². The van der Waals surface area contributed by atoms with E-state index >= 15 is 0 Å². The molecule has 0 aliphatic heterocycles. The van der Waals surface area contributed by atoms with E-state index in [1.54, 1.807) is 14.1 Å². The summed E-state index contributed by atoms with van der Waals surface area (Å²) in [6.07, 6.45) is 2.17. The quantitative estimate of drug-likeness (QED) is 0.598. The SMILES string of the molecule is CCCCNC(=O)N(C)C.[HH]. The number of unbranched alkanes of at least 4 members (excludes halogenated alkanes) is 1. The highest BCUT2D eigenvalue weighted by atomic mass is 16.2. The van der Waals surface area contributed by atoms with Crippen LogP contribution in [0.5, 0.6) is 0 Å². The minimum Gasteiger partial charge on any atom is -0.338 e. The van der Waals surface area contributed by atoms with E-state index in [-0.39, 0.29) is 7.46 Å². The maximum atomic E-state index is 10.8. The fraction of sp³-hybridized carbons (Fsp3) is 0.857. The number of nitrogens with zero attached hydrogens (tertiary/aromatic N) is 1. The summed E-state index contributed by atoms with van der Waals surface area (Å²) in [5.74, 6) is 0. The van der Waals surface area contributed by atoms with Crippen LogP contribution >= 0.6 is 0 Å². The number of hydrogen-bond acceptors (Lipinski definition) is 1. The van der Waals surface area contributed by atoms with Gasteiger partial charge in [0.25, 0.3) is 0 Å². The van der Waals surface area contributed by atoms with E-state index in [9.17, 15) is 4.79 Å². The highest BCUT2D eigenvalue weighted by molar-refractivity contribution is 5.73. The summed E-state index contributed by atoms with van der Waals surface area (Å²) in [5, 5.41) is 2.77. The number of rotatable bonds is 3. The number of hydrogen-bond donors (Lipinski definition) is 1. The lowest BCUT2D eigenvalue weighted by Crippen LogP contribution is -2.34. The molecule has 10 heavy (non-hydrogen) atoms. The summed E-state index contributed by atoms with van der Waals surface area (Å²) in [6, 6.07) is -0.00606. The monoisotopic (exact) mass is 146 g/mol. The minimum absolute atomic E-state index is 0. The van der Waals surface area contributed by atoms with Gasteiger partial charge in [-0.05, 0) is 6.42 Å². The molecule has 0 aromatic rings. The standard InChI is InChI=1S/C7H16N2O.H2/c1-4-5-6-8-7(10)9(2)3;/h4-6H2,1-3H3,(H,8,10);1H. The van der Waals surface area contributed by atoms with Crippen LogP contribution < -0.4 is 5.32 Å². The second kappa shape index (κ2) is 5.09. The smallest absolute Gasteiger partial charge is 0.316 e. The molecule has 0 fully saturated rings. The Balaban J connectivity index is 0. The molecule has 0 heterocycles. The Morgan fingerprint density at radius 1 is 1.60 bits per heavy atom. The third-order valence-corrected chi connectivity index (χ3v) is 1.21. The van der Waals surface area contributed by atoms with Crippen molar-refractivity contribution < 1.29 is 6.22 Å². The van der Waals surface area contributed by atoms with Crippen LogP contribution in [0.4, 0.5) is 4.79 Å². The molecule has 0 atom stereocenters. The van der Waals surface area contributed by atoms with Gasteiger partial charge in [-0.3, -0.25) is 0 Å². The van der Waals surface area contributed by atoms with Crippen LogP contribution in [-0.2, 0) is 0 Å². The third-order valence-electron chi connectivity index (χ3n) is 1.21. The van der Waals surface area contributed by atoms with E-state index in [4.69, 9.17) is 0 Å². The molecule has 3 heteroatoms. The molecule has 0 saturated heterocycles. The zero-order valence-corrected chi connectivity index (χ0v) is 6.98. The highest BCUT2D eigenvalue weighted by Gasteiger charge is 1.98. The van der Waals surface area contributed by atoms with Crippen molar-refractivity contribution in [2.45, 2.75) is 19.8 Å². The predicted molar refractivity (Wildman–Crippen MR) is 44.1 cm³/mol. The largest absolute Gasteiger partial charge is 0.338 e. The van der Waals surface area contributed by atoms with Crippen LogP contribution in [0.25, 0.3) is 0 Å². The van der Waals surface area contributed by atoms with Crippen LogP contribution in [0.2, 0.25) is 0 Å². The first-order chi connectivity index (χ1) is 4.68. The second-order valence-electron chi connectivity index (χ2n) is 2.48. The highest BCUT2D eigenvalue weighted by Crippen LogP contribution is 1.83. The van der Waals surface area contributed by atoms with Gasteiger partial charge in [-0.1, -0.05) is 13.3 Å². The van der Waals surface area contributed by atoms with Crippen molar-refractivity contribution >= 4 is 6.03 Å². The molecule has 0 radical (unpaired) electrons. The Labute approximate surface area is 63.9 Å². The Bertz CT molecular complexity index is 107. The van der Waals surface area contributed by atoms with Gasteiger partial charge < -0.3 is 10.2 Å². The number of carbonyl (C=O) groups is 1. The van der Waals surface area contributed by atoms with Crippen molar-refractivity contribution in [3.63, 3.8) is 0 Å². The molecule has 0 unspecified atom stereocenters. The first kappa shape index (κ1) is 9.27. The minimum atomic E-state index is -0.00606. The average molecular weight is 146 g/mol. The van der Waals surface area contributed by atoms with E-state index in [1.807, 2.05) is 0 Å². The van der Waals surface area contributed by atoms with Gasteiger partial charge in [0.15, 0.2) is 0 Å². The van der Waals surface area contributed by atoms with Crippen LogP contribution in [0.3, 0.4) is 0 Å². The fourth-order valence-electron chi connectivity index (χ4n) is 0.530. The second-order valence-corrected chi connectivity index (χ2v) is 2.48. The van der Waals surface area contributed by atoms with Gasteiger partial charge in [0.05, 0.1) is 0 Å². The topological polar surface area (TPSA) is 32.3 Å². The summed E-state index contributed by atoms with van der Waals surface area (Å²) >= 11 is 0. The first-order valence-corrected chi connectivity index (χ1v) is 3.63. The molecule has 3 nitrogen and oxygen atoms in total. The molecule has 1 N–H and O–H groups in total. The summed E-state index contributed by atoms with van der Waals surface area (Å²) < 4.78 is 0. The van der Waals surface area contributed by atoms with Crippen molar-refractivity contribution in [3.05, 3.63) is 0 Å². The Kier molecular flexibility index (Phi) is 4.72. The van der Waals surface area contributed by atoms with Crippen LogP contribution in [0, 0.1) is 0 Å². The molecule has 0 aliphatic rings.